The average molecular weight is 344 g/mol. The molecule has 0 aliphatic rings. The van der Waals surface area contributed by atoms with E-state index < -0.39 is 15.8 Å². The van der Waals surface area contributed by atoms with Gasteiger partial charge in [0.25, 0.3) is 0 Å². The zero-order valence-electron chi connectivity index (χ0n) is 12.3. The summed E-state index contributed by atoms with van der Waals surface area (Å²) in [5.41, 5.74) is 2.27. The van der Waals surface area contributed by atoms with E-state index in [1.165, 1.54) is 18.2 Å². The summed E-state index contributed by atoms with van der Waals surface area (Å²) in [7, 11) is -3.74. The van der Waals surface area contributed by atoms with Crippen molar-refractivity contribution in [2.75, 3.05) is 0 Å². The highest BCUT2D eigenvalue weighted by molar-refractivity contribution is 7.89. The number of hydrogen-bond donors (Lipinski definition) is 2. The van der Waals surface area contributed by atoms with Crippen LogP contribution in [0.25, 0.3) is 16.6 Å². The summed E-state index contributed by atoms with van der Waals surface area (Å²) in [6, 6.07) is 9.64. The lowest BCUT2D eigenvalue weighted by atomic mass is 10.2. The first-order valence-corrected chi connectivity index (χ1v) is 8.55. The van der Waals surface area contributed by atoms with Crippen LogP contribution >= 0.6 is 0 Å². The quantitative estimate of drug-likeness (QED) is 0.579. The molecule has 3 aromatic heterocycles. The molecule has 0 saturated carbocycles. The van der Waals surface area contributed by atoms with Crippen molar-refractivity contribution in [3.8, 4) is 0 Å². The molecule has 2 N–H and O–H groups in total. The fraction of sp³-hybridized carbons (Fsp3) is 0.0667. The van der Waals surface area contributed by atoms with Crippen molar-refractivity contribution < 1.29 is 12.8 Å². The van der Waals surface area contributed by atoms with Crippen LogP contribution in [-0.4, -0.2) is 23.0 Å². The number of hydrogen-bond acceptors (Lipinski definition) is 5. The topological polar surface area (TPSA) is 109 Å². The molecule has 4 aromatic rings. The monoisotopic (exact) mass is 344 g/mol. The third-order valence-electron chi connectivity index (χ3n) is 3.68. The number of aromatic amines is 1. The van der Waals surface area contributed by atoms with E-state index in [-0.39, 0.29) is 11.4 Å². The summed E-state index contributed by atoms with van der Waals surface area (Å²) in [5.74, 6) is -0.625. The number of nitrogens with zero attached hydrogens (tertiary/aromatic N) is 2. The van der Waals surface area contributed by atoms with Gasteiger partial charge in [-0.15, -0.1) is 0 Å². The second-order valence-corrected chi connectivity index (χ2v) is 6.96. The second kappa shape index (κ2) is 5.32. The van der Waals surface area contributed by atoms with E-state index in [0.717, 1.165) is 11.1 Å². The standard InChI is InChI=1S/C15H12N4O4S/c20-15-18-12-8-11(3-4-14(12)23-15)24(21,22)17-9-10-2-1-7-19-13(10)5-6-16-19/h1-8,17H,9H2,(H,18,20). The van der Waals surface area contributed by atoms with E-state index >= 15 is 0 Å². The van der Waals surface area contributed by atoms with Crippen LogP contribution < -0.4 is 10.5 Å². The molecular formula is C15H12N4O4S. The number of H-pyrrole nitrogens is 1. The molecule has 0 aliphatic carbocycles. The molecule has 8 nitrogen and oxygen atoms in total. The number of nitrogens with one attached hydrogen (secondary N) is 2. The summed E-state index contributed by atoms with van der Waals surface area (Å²) >= 11 is 0. The molecule has 0 amide bonds. The van der Waals surface area contributed by atoms with Gasteiger partial charge in [0.1, 0.15) is 0 Å². The van der Waals surface area contributed by atoms with Gasteiger partial charge >= 0.3 is 5.76 Å². The normalized spacial score (nSPS) is 12.2. The van der Waals surface area contributed by atoms with E-state index in [9.17, 15) is 13.2 Å². The summed E-state index contributed by atoms with van der Waals surface area (Å²) in [4.78, 5) is 13.7. The van der Waals surface area contributed by atoms with Crippen molar-refractivity contribution in [2.24, 2.45) is 0 Å². The Morgan fingerprint density at radius 3 is 3.00 bits per heavy atom. The van der Waals surface area contributed by atoms with Gasteiger partial charge in [-0.25, -0.2) is 22.4 Å². The van der Waals surface area contributed by atoms with Gasteiger partial charge in [-0.2, -0.15) is 5.10 Å². The predicted molar refractivity (Wildman–Crippen MR) is 86.1 cm³/mol. The van der Waals surface area contributed by atoms with E-state index in [0.29, 0.717) is 11.1 Å². The Bertz CT molecular complexity index is 1200. The molecule has 0 radical (unpaired) electrons. The van der Waals surface area contributed by atoms with Crippen LogP contribution in [0.15, 0.2) is 62.9 Å². The number of oxazole rings is 1. The van der Waals surface area contributed by atoms with Crippen molar-refractivity contribution in [1.29, 1.82) is 0 Å². The molecule has 24 heavy (non-hydrogen) atoms. The Morgan fingerprint density at radius 2 is 2.12 bits per heavy atom. The number of aromatic nitrogens is 3. The molecule has 0 fully saturated rings. The first-order valence-electron chi connectivity index (χ1n) is 7.07. The molecule has 0 saturated heterocycles. The number of benzene rings is 1. The van der Waals surface area contributed by atoms with Crippen molar-refractivity contribution in [3.63, 3.8) is 0 Å². The molecule has 0 spiro atoms. The van der Waals surface area contributed by atoms with E-state index in [2.05, 4.69) is 14.8 Å². The first kappa shape index (κ1) is 14.7. The third-order valence-corrected chi connectivity index (χ3v) is 5.08. The minimum Gasteiger partial charge on any atom is -0.408 e. The fourth-order valence-electron chi connectivity index (χ4n) is 2.52. The maximum atomic E-state index is 12.5. The molecule has 4 rings (SSSR count). The average Bonchev–Trinajstić information content (AvgIpc) is 3.17. The number of pyridine rings is 1. The van der Waals surface area contributed by atoms with Crippen LogP contribution in [0, 0.1) is 0 Å². The van der Waals surface area contributed by atoms with Gasteiger partial charge < -0.3 is 4.42 Å². The number of sulfonamides is 1. The lowest BCUT2D eigenvalue weighted by molar-refractivity contribution is 0.555. The highest BCUT2D eigenvalue weighted by atomic mass is 32.2. The van der Waals surface area contributed by atoms with Crippen LogP contribution in [0.1, 0.15) is 5.56 Å². The van der Waals surface area contributed by atoms with Gasteiger partial charge in [-0.05, 0) is 35.9 Å². The Labute approximate surface area is 135 Å². The summed E-state index contributed by atoms with van der Waals surface area (Å²) in [6.45, 7) is 0.123. The third kappa shape index (κ3) is 2.49. The molecule has 3 heterocycles. The predicted octanol–water partition coefficient (Wildman–Crippen LogP) is 1.25. The zero-order valence-corrected chi connectivity index (χ0v) is 13.1. The minimum atomic E-state index is -3.74. The van der Waals surface area contributed by atoms with E-state index in [4.69, 9.17) is 4.42 Å². The second-order valence-electron chi connectivity index (χ2n) is 5.19. The maximum Gasteiger partial charge on any atom is 0.417 e. The van der Waals surface area contributed by atoms with Gasteiger partial charge in [0.05, 0.1) is 15.9 Å². The van der Waals surface area contributed by atoms with Crippen LogP contribution in [0.3, 0.4) is 0 Å². The largest absolute Gasteiger partial charge is 0.417 e. The molecule has 0 aliphatic heterocycles. The summed E-state index contributed by atoms with van der Waals surface area (Å²) < 4.78 is 34.0. The Kier molecular flexibility index (Phi) is 3.25. The van der Waals surface area contributed by atoms with Gasteiger partial charge in [-0.1, -0.05) is 6.07 Å². The molecule has 122 valence electrons. The molecule has 0 bridgehead atoms. The lowest BCUT2D eigenvalue weighted by Gasteiger charge is -2.08. The van der Waals surface area contributed by atoms with Crippen molar-refractivity contribution in [2.45, 2.75) is 11.4 Å². The highest BCUT2D eigenvalue weighted by Crippen LogP contribution is 2.17. The van der Waals surface area contributed by atoms with Crippen molar-refractivity contribution >= 4 is 26.6 Å². The highest BCUT2D eigenvalue weighted by Gasteiger charge is 2.16. The number of rotatable bonds is 4. The Hall–Kier alpha value is -2.91. The SMILES string of the molecule is O=c1[nH]c2cc(S(=O)(=O)NCc3cccn4nccc34)ccc2o1. The van der Waals surface area contributed by atoms with Crippen LogP contribution in [0.2, 0.25) is 0 Å². The van der Waals surface area contributed by atoms with Gasteiger partial charge in [0, 0.05) is 18.9 Å². The molecular weight excluding hydrogens is 332 g/mol. The van der Waals surface area contributed by atoms with E-state index in [1.54, 1.807) is 23.0 Å². The summed E-state index contributed by atoms with van der Waals surface area (Å²) in [6.07, 6.45) is 3.44. The minimum absolute atomic E-state index is 0.0486. The summed E-state index contributed by atoms with van der Waals surface area (Å²) in [5, 5.41) is 4.11. The van der Waals surface area contributed by atoms with Crippen LogP contribution in [-0.2, 0) is 16.6 Å². The van der Waals surface area contributed by atoms with Crippen LogP contribution in [0.5, 0.6) is 0 Å². The fourth-order valence-corrected chi connectivity index (χ4v) is 3.55. The zero-order chi connectivity index (χ0) is 16.7. The number of fused-ring (bicyclic) bond motifs is 2. The first-order chi connectivity index (χ1) is 11.5. The van der Waals surface area contributed by atoms with Crippen molar-refractivity contribution in [1.82, 2.24) is 19.3 Å². The van der Waals surface area contributed by atoms with Gasteiger partial charge in [0.2, 0.25) is 10.0 Å². The molecule has 0 atom stereocenters. The smallest absolute Gasteiger partial charge is 0.408 e. The molecule has 0 unspecified atom stereocenters. The Morgan fingerprint density at radius 1 is 1.25 bits per heavy atom. The maximum absolute atomic E-state index is 12.5. The van der Waals surface area contributed by atoms with E-state index in [1.807, 2.05) is 12.1 Å². The lowest BCUT2D eigenvalue weighted by Crippen LogP contribution is -2.23. The Balaban J connectivity index is 1.64. The van der Waals surface area contributed by atoms with Gasteiger partial charge in [-0.3, -0.25) is 4.98 Å². The van der Waals surface area contributed by atoms with Crippen molar-refractivity contribution in [3.05, 3.63) is 64.9 Å². The molecule has 1 aromatic carbocycles. The van der Waals surface area contributed by atoms with Gasteiger partial charge in [0.15, 0.2) is 5.58 Å². The molecule has 9 heteroatoms. The van der Waals surface area contributed by atoms with Crippen LogP contribution in [0.4, 0.5) is 0 Å².